The predicted molar refractivity (Wildman–Crippen MR) is 77.2 cm³/mol. The normalized spacial score (nSPS) is 11.4. The fourth-order valence-corrected chi connectivity index (χ4v) is 1.91. The molecular weight excluding hydrogens is 226 g/mol. The van der Waals surface area contributed by atoms with Crippen LogP contribution in [0.2, 0.25) is 0 Å². The number of aromatic nitrogens is 2. The second-order valence-electron chi connectivity index (χ2n) is 5.22. The van der Waals surface area contributed by atoms with Gasteiger partial charge < -0.3 is 15.5 Å². The second-order valence-corrected chi connectivity index (χ2v) is 5.22. The van der Waals surface area contributed by atoms with E-state index in [2.05, 4.69) is 46.3 Å². The van der Waals surface area contributed by atoms with Gasteiger partial charge >= 0.3 is 0 Å². The lowest BCUT2D eigenvalue weighted by Crippen LogP contribution is -2.41. The topological polar surface area (TPSA) is 53.1 Å². The molecule has 0 spiro atoms. The number of anilines is 2. The van der Waals surface area contributed by atoms with Crippen molar-refractivity contribution in [2.24, 2.45) is 0 Å². The molecule has 1 heterocycles. The number of likely N-dealkylation sites (N-methyl/N-ethyl adjacent to an activating group) is 1. The Bertz CT molecular complexity index is 364. The first-order chi connectivity index (χ1) is 8.48. The molecular formula is C13H25N5. The van der Waals surface area contributed by atoms with Crippen molar-refractivity contribution in [3.63, 3.8) is 0 Å². The molecule has 18 heavy (non-hydrogen) atoms. The molecule has 2 N–H and O–H groups in total. The van der Waals surface area contributed by atoms with Crippen molar-refractivity contribution in [2.75, 3.05) is 37.4 Å². The summed E-state index contributed by atoms with van der Waals surface area (Å²) in [5, 5.41) is 6.59. The van der Waals surface area contributed by atoms with Crippen LogP contribution in [0.4, 0.5) is 11.6 Å². The summed E-state index contributed by atoms with van der Waals surface area (Å²) in [6, 6.07) is 1.99. The van der Waals surface area contributed by atoms with Crippen LogP contribution in [-0.2, 0) is 0 Å². The van der Waals surface area contributed by atoms with E-state index in [-0.39, 0.29) is 5.54 Å². The number of nitrogens with zero attached hydrogens (tertiary/aromatic N) is 3. The summed E-state index contributed by atoms with van der Waals surface area (Å²) < 4.78 is 0. The molecule has 0 bridgehead atoms. The zero-order chi connectivity index (χ0) is 13.6. The summed E-state index contributed by atoms with van der Waals surface area (Å²) in [4.78, 5) is 10.7. The van der Waals surface area contributed by atoms with E-state index in [0.717, 1.165) is 31.1 Å². The molecule has 0 saturated heterocycles. The molecule has 0 aromatic carbocycles. The molecule has 0 amide bonds. The molecule has 1 aromatic heterocycles. The summed E-state index contributed by atoms with van der Waals surface area (Å²) in [5.41, 5.74) is -0.0380. The molecule has 0 radical (unpaired) electrons. The number of hydrogen-bond acceptors (Lipinski definition) is 5. The minimum atomic E-state index is -0.0380. The fourth-order valence-electron chi connectivity index (χ4n) is 1.91. The van der Waals surface area contributed by atoms with E-state index in [9.17, 15) is 0 Å². The Morgan fingerprint density at radius 1 is 1.33 bits per heavy atom. The molecule has 1 aromatic rings. The quantitative estimate of drug-likeness (QED) is 0.773. The smallest absolute Gasteiger partial charge is 0.133 e. The highest BCUT2D eigenvalue weighted by atomic mass is 15.2. The van der Waals surface area contributed by atoms with Crippen molar-refractivity contribution < 1.29 is 0 Å². The van der Waals surface area contributed by atoms with E-state index in [1.54, 1.807) is 6.33 Å². The highest BCUT2D eigenvalue weighted by molar-refractivity contribution is 5.49. The number of rotatable bonds is 7. The van der Waals surface area contributed by atoms with E-state index < -0.39 is 0 Å². The Morgan fingerprint density at radius 2 is 2.06 bits per heavy atom. The summed E-state index contributed by atoms with van der Waals surface area (Å²) in [5.74, 6) is 1.82. The lowest BCUT2D eigenvalue weighted by molar-refractivity contribution is 0.528. The van der Waals surface area contributed by atoms with E-state index in [4.69, 9.17) is 0 Å². The maximum Gasteiger partial charge on any atom is 0.133 e. The Kier molecular flexibility index (Phi) is 5.34. The van der Waals surface area contributed by atoms with Crippen molar-refractivity contribution in [2.45, 2.75) is 32.7 Å². The molecule has 0 aliphatic rings. The van der Waals surface area contributed by atoms with Gasteiger partial charge in [-0.25, -0.2) is 9.97 Å². The van der Waals surface area contributed by atoms with E-state index >= 15 is 0 Å². The van der Waals surface area contributed by atoms with Crippen LogP contribution < -0.4 is 15.5 Å². The first kappa shape index (κ1) is 14.7. The largest absolute Gasteiger partial charge is 0.364 e. The van der Waals surface area contributed by atoms with Crippen LogP contribution >= 0.6 is 0 Å². The third-order valence-electron chi connectivity index (χ3n) is 2.69. The molecule has 1 rings (SSSR count). The Balaban J connectivity index is 2.76. The molecule has 5 nitrogen and oxygen atoms in total. The summed E-state index contributed by atoms with van der Waals surface area (Å²) >= 11 is 0. The SMILES string of the molecule is CCCN(C)c1cc(NC(C)(C)CNC)ncn1. The van der Waals surface area contributed by atoms with Crippen molar-refractivity contribution in [1.82, 2.24) is 15.3 Å². The minimum absolute atomic E-state index is 0.0380. The number of nitrogens with one attached hydrogen (secondary N) is 2. The van der Waals surface area contributed by atoms with Crippen LogP contribution in [0.5, 0.6) is 0 Å². The summed E-state index contributed by atoms with van der Waals surface area (Å²) in [6.45, 7) is 8.31. The van der Waals surface area contributed by atoms with Crippen LogP contribution in [0, 0.1) is 0 Å². The van der Waals surface area contributed by atoms with Gasteiger partial charge in [-0.05, 0) is 27.3 Å². The van der Waals surface area contributed by atoms with Crippen LogP contribution in [0.15, 0.2) is 12.4 Å². The highest BCUT2D eigenvalue weighted by Crippen LogP contribution is 2.16. The summed E-state index contributed by atoms with van der Waals surface area (Å²) in [7, 11) is 4.00. The zero-order valence-electron chi connectivity index (χ0n) is 12.1. The maximum absolute atomic E-state index is 4.29. The second kappa shape index (κ2) is 6.54. The third-order valence-corrected chi connectivity index (χ3v) is 2.69. The van der Waals surface area contributed by atoms with Crippen molar-refractivity contribution in [3.8, 4) is 0 Å². The molecule has 0 aliphatic heterocycles. The molecule has 0 aliphatic carbocycles. The molecule has 102 valence electrons. The molecule has 0 unspecified atom stereocenters. The fraction of sp³-hybridized carbons (Fsp3) is 0.692. The van der Waals surface area contributed by atoms with Crippen LogP contribution in [0.1, 0.15) is 27.2 Å². The van der Waals surface area contributed by atoms with Gasteiger partial charge in [0.15, 0.2) is 0 Å². The van der Waals surface area contributed by atoms with E-state index in [1.165, 1.54) is 0 Å². The van der Waals surface area contributed by atoms with Gasteiger partial charge in [0, 0.05) is 31.7 Å². The highest BCUT2D eigenvalue weighted by Gasteiger charge is 2.17. The van der Waals surface area contributed by atoms with Crippen molar-refractivity contribution >= 4 is 11.6 Å². The van der Waals surface area contributed by atoms with E-state index in [0.29, 0.717) is 0 Å². The van der Waals surface area contributed by atoms with Crippen molar-refractivity contribution in [3.05, 3.63) is 12.4 Å². The van der Waals surface area contributed by atoms with Gasteiger partial charge in [0.2, 0.25) is 0 Å². The Morgan fingerprint density at radius 3 is 2.67 bits per heavy atom. The molecule has 0 saturated carbocycles. The average molecular weight is 251 g/mol. The van der Waals surface area contributed by atoms with E-state index in [1.807, 2.05) is 20.2 Å². The van der Waals surface area contributed by atoms with Gasteiger partial charge in [-0.1, -0.05) is 6.92 Å². The van der Waals surface area contributed by atoms with Gasteiger partial charge in [-0.2, -0.15) is 0 Å². The van der Waals surface area contributed by atoms with Crippen molar-refractivity contribution in [1.29, 1.82) is 0 Å². The first-order valence-corrected chi connectivity index (χ1v) is 6.44. The zero-order valence-corrected chi connectivity index (χ0v) is 12.1. The van der Waals surface area contributed by atoms with Gasteiger partial charge in [-0.3, -0.25) is 0 Å². The lowest BCUT2D eigenvalue weighted by Gasteiger charge is -2.27. The molecule has 0 atom stereocenters. The molecule has 0 fully saturated rings. The average Bonchev–Trinajstić information content (AvgIpc) is 2.28. The predicted octanol–water partition coefficient (Wildman–Crippen LogP) is 1.73. The lowest BCUT2D eigenvalue weighted by atomic mass is 10.1. The molecule has 5 heteroatoms. The Labute approximate surface area is 110 Å². The monoisotopic (exact) mass is 251 g/mol. The van der Waals surface area contributed by atoms with Gasteiger partial charge in [-0.15, -0.1) is 0 Å². The standard InChI is InChI=1S/C13H25N5/c1-6-7-18(5)12-8-11(15-10-16-12)17-13(2,3)9-14-4/h8,10,14H,6-7,9H2,1-5H3,(H,15,16,17). The van der Waals surface area contributed by atoms with Gasteiger partial charge in [0.05, 0.1) is 0 Å². The van der Waals surface area contributed by atoms with Crippen LogP contribution in [0.25, 0.3) is 0 Å². The minimum Gasteiger partial charge on any atom is -0.364 e. The maximum atomic E-state index is 4.29. The van der Waals surface area contributed by atoms with Gasteiger partial charge in [0.25, 0.3) is 0 Å². The van der Waals surface area contributed by atoms with Crippen LogP contribution in [0.3, 0.4) is 0 Å². The van der Waals surface area contributed by atoms with Crippen LogP contribution in [-0.4, -0.2) is 42.7 Å². The third kappa shape index (κ3) is 4.49. The van der Waals surface area contributed by atoms with Gasteiger partial charge in [0.1, 0.15) is 18.0 Å². The summed E-state index contributed by atoms with van der Waals surface area (Å²) in [6.07, 6.45) is 2.72. The first-order valence-electron chi connectivity index (χ1n) is 6.44. The Hall–Kier alpha value is -1.36. The number of hydrogen-bond donors (Lipinski definition) is 2.